The zero-order chi connectivity index (χ0) is 15.6. The largest absolute Gasteiger partial charge is 0.478 e. The molecule has 110 valence electrons. The molecule has 0 fully saturated rings. The lowest BCUT2D eigenvalue weighted by molar-refractivity contribution is -0.113. The number of nitrogens with one attached hydrogen (secondary N) is 1. The van der Waals surface area contributed by atoms with Gasteiger partial charge < -0.3 is 10.4 Å². The van der Waals surface area contributed by atoms with Gasteiger partial charge in [-0.2, -0.15) is 0 Å². The smallest absolute Gasteiger partial charge is 0.335 e. The van der Waals surface area contributed by atoms with Crippen LogP contribution in [0.1, 0.15) is 31.1 Å². The maximum Gasteiger partial charge on any atom is 0.335 e. The topological polar surface area (TPSA) is 101 Å². The third-order valence-electron chi connectivity index (χ3n) is 2.67. The van der Waals surface area contributed by atoms with E-state index in [1.54, 1.807) is 0 Å². The van der Waals surface area contributed by atoms with Crippen LogP contribution in [0.2, 0.25) is 0 Å². The van der Waals surface area contributed by atoms with Crippen molar-refractivity contribution in [2.75, 3.05) is 11.1 Å². The van der Waals surface area contributed by atoms with Crippen LogP contribution in [0.4, 0.5) is 5.69 Å². The van der Waals surface area contributed by atoms with Crippen LogP contribution in [-0.2, 0) is 14.6 Å². The van der Waals surface area contributed by atoms with E-state index in [-0.39, 0.29) is 5.56 Å². The number of anilines is 1. The molecular weight excluding hydrogens is 282 g/mol. The Morgan fingerprint density at radius 2 is 1.65 bits per heavy atom. The number of amides is 1. The molecule has 0 aliphatic carbocycles. The number of hydrogen-bond acceptors (Lipinski definition) is 4. The summed E-state index contributed by atoms with van der Waals surface area (Å²) in [5.74, 6) is -2.34. The molecular formula is C13H17NO5S. The van der Waals surface area contributed by atoms with Crippen molar-refractivity contribution in [1.82, 2.24) is 0 Å². The van der Waals surface area contributed by atoms with Crippen molar-refractivity contribution in [3.63, 3.8) is 0 Å². The highest BCUT2D eigenvalue weighted by Gasteiger charge is 2.31. The van der Waals surface area contributed by atoms with Gasteiger partial charge in [-0.1, -0.05) is 0 Å². The van der Waals surface area contributed by atoms with Crippen LogP contribution in [0, 0.1) is 0 Å². The molecule has 0 aliphatic rings. The van der Waals surface area contributed by atoms with Crippen molar-refractivity contribution in [3.05, 3.63) is 29.8 Å². The number of aromatic carboxylic acids is 1. The first-order valence-electron chi connectivity index (χ1n) is 5.88. The van der Waals surface area contributed by atoms with Crippen molar-refractivity contribution in [3.8, 4) is 0 Å². The first kappa shape index (κ1) is 16.2. The standard InChI is InChI=1S/C13H17NO5S/c1-13(2,3)20(18,19)8-11(15)14-10-6-4-9(5-7-10)12(16)17/h4-7H,8H2,1-3H3,(H,14,15)(H,16,17). The summed E-state index contributed by atoms with van der Waals surface area (Å²) in [7, 11) is -3.54. The van der Waals surface area contributed by atoms with Gasteiger partial charge in [-0.25, -0.2) is 13.2 Å². The normalized spacial score (nSPS) is 11.9. The third-order valence-corrected chi connectivity index (χ3v) is 5.18. The molecule has 1 aromatic rings. The minimum Gasteiger partial charge on any atom is -0.478 e. The highest BCUT2D eigenvalue weighted by Crippen LogP contribution is 2.16. The van der Waals surface area contributed by atoms with E-state index in [2.05, 4.69) is 5.32 Å². The average Bonchev–Trinajstić information content (AvgIpc) is 2.27. The predicted molar refractivity (Wildman–Crippen MR) is 75.6 cm³/mol. The van der Waals surface area contributed by atoms with Gasteiger partial charge in [0.2, 0.25) is 5.91 Å². The van der Waals surface area contributed by atoms with Gasteiger partial charge in [-0.3, -0.25) is 4.79 Å². The number of sulfone groups is 1. The Morgan fingerprint density at radius 3 is 2.05 bits per heavy atom. The lowest BCUT2D eigenvalue weighted by atomic mass is 10.2. The molecule has 0 unspecified atom stereocenters. The molecule has 0 bridgehead atoms. The molecule has 1 amide bonds. The molecule has 0 aromatic heterocycles. The Bertz CT molecular complexity index is 611. The summed E-state index contributed by atoms with van der Waals surface area (Å²) >= 11 is 0. The molecule has 1 rings (SSSR count). The fraction of sp³-hybridized carbons (Fsp3) is 0.385. The fourth-order valence-corrected chi connectivity index (χ4v) is 2.13. The van der Waals surface area contributed by atoms with E-state index in [1.165, 1.54) is 45.0 Å². The molecule has 0 spiro atoms. The SMILES string of the molecule is CC(C)(C)S(=O)(=O)CC(=O)Nc1ccc(C(=O)O)cc1. The van der Waals surface area contributed by atoms with Gasteiger partial charge in [0.1, 0.15) is 5.75 Å². The van der Waals surface area contributed by atoms with Crippen LogP contribution in [0.15, 0.2) is 24.3 Å². The quantitative estimate of drug-likeness (QED) is 0.878. The maximum absolute atomic E-state index is 11.9. The van der Waals surface area contributed by atoms with Gasteiger partial charge in [0.25, 0.3) is 0 Å². The number of carbonyl (C=O) groups excluding carboxylic acids is 1. The Morgan fingerprint density at radius 1 is 1.15 bits per heavy atom. The number of carboxylic acids is 1. The van der Waals surface area contributed by atoms with Gasteiger partial charge in [0.05, 0.1) is 10.3 Å². The maximum atomic E-state index is 11.9. The summed E-state index contributed by atoms with van der Waals surface area (Å²) in [4.78, 5) is 22.4. The van der Waals surface area contributed by atoms with Crippen molar-refractivity contribution in [2.45, 2.75) is 25.5 Å². The average molecular weight is 299 g/mol. The molecule has 0 aliphatic heterocycles. The Balaban J connectivity index is 2.75. The molecule has 1 aromatic carbocycles. The Hall–Kier alpha value is -1.89. The minimum absolute atomic E-state index is 0.0883. The van der Waals surface area contributed by atoms with E-state index in [0.29, 0.717) is 5.69 Å². The van der Waals surface area contributed by atoms with Crippen LogP contribution in [0.5, 0.6) is 0 Å². The monoisotopic (exact) mass is 299 g/mol. The van der Waals surface area contributed by atoms with E-state index >= 15 is 0 Å². The van der Waals surface area contributed by atoms with Gasteiger partial charge in [0, 0.05) is 5.69 Å². The minimum atomic E-state index is -3.54. The van der Waals surface area contributed by atoms with E-state index in [1.807, 2.05) is 0 Å². The van der Waals surface area contributed by atoms with Crippen molar-refractivity contribution >= 4 is 27.4 Å². The first-order chi connectivity index (χ1) is 9.03. The van der Waals surface area contributed by atoms with Crippen LogP contribution < -0.4 is 5.32 Å². The highest BCUT2D eigenvalue weighted by atomic mass is 32.2. The number of carbonyl (C=O) groups is 2. The van der Waals surface area contributed by atoms with Crippen LogP contribution in [0.25, 0.3) is 0 Å². The van der Waals surface area contributed by atoms with Gasteiger partial charge in [0.15, 0.2) is 9.84 Å². The first-order valence-corrected chi connectivity index (χ1v) is 7.54. The van der Waals surface area contributed by atoms with Crippen molar-refractivity contribution < 1.29 is 23.1 Å². The van der Waals surface area contributed by atoms with Gasteiger partial charge in [-0.05, 0) is 45.0 Å². The number of carboxylic acid groups (broad SMARTS) is 1. The second kappa shape index (κ2) is 5.62. The van der Waals surface area contributed by atoms with Crippen LogP contribution in [-0.4, -0.2) is 35.9 Å². The second-order valence-corrected chi connectivity index (χ2v) is 8.05. The zero-order valence-electron chi connectivity index (χ0n) is 11.5. The van der Waals surface area contributed by atoms with E-state index in [4.69, 9.17) is 5.11 Å². The molecule has 7 heteroatoms. The molecule has 0 radical (unpaired) electrons. The lowest BCUT2D eigenvalue weighted by Crippen LogP contribution is -2.35. The lowest BCUT2D eigenvalue weighted by Gasteiger charge is -2.18. The number of hydrogen-bond donors (Lipinski definition) is 2. The molecule has 6 nitrogen and oxygen atoms in total. The van der Waals surface area contributed by atoms with Crippen LogP contribution >= 0.6 is 0 Å². The van der Waals surface area contributed by atoms with Gasteiger partial charge in [-0.15, -0.1) is 0 Å². The summed E-state index contributed by atoms with van der Waals surface area (Å²) < 4.78 is 22.7. The fourth-order valence-electron chi connectivity index (χ4n) is 1.28. The number of rotatable bonds is 4. The summed E-state index contributed by atoms with van der Waals surface area (Å²) in [6, 6.07) is 5.47. The summed E-state index contributed by atoms with van der Waals surface area (Å²) in [6.07, 6.45) is 0. The summed E-state index contributed by atoms with van der Waals surface area (Å²) in [5.41, 5.74) is 0.439. The highest BCUT2D eigenvalue weighted by molar-refractivity contribution is 7.93. The van der Waals surface area contributed by atoms with Crippen molar-refractivity contribution in [2.24, 2.45) is 0 Å². The van der Waals surface area contributed by atoms with E-state index in [9.17, 15) is 18.0 Å². The second-order valence-electron chi connectivity index (χ2n) is 5.30. The number of benzene rings is 1. The van der Waals surface area contributed by atoms with Crippen LogP contribution in [0.3, 0.4) is 0 Å². The molecule has 0 saturated carbocycles. The molecule has 2 N–H and O–H groups in total. The summed E-state index contributed by atoms with van der Waals surface area (Å²) in [6.45, 7) is 4.58. The van der Waals surface area contributed by atoms with Crippen molar-refractivity contribution in [1.29, 1.82) is 0 Å². The molecule has 20 heavy (non-hydrogen) atoms. The molecule has 0 saturated heterocycles. The molecule has 0 atom stereocenters. The summed E-state index contributed by atoms with van der Waals surface area (Å²) in [5, 5.41) is 11.2. The zero-order valence-corrected chi connectivity index (χ0v) is 12.3. The Kier molecular flexibility index (Phi) is 4.54. The van der Waals surface area contributed by atoms with Gasteiger partial charge >= 0.3 is 5.97 Å². The predicted octanol–water partition coefficient (Wildman–Crippen LogP) is 1.54. The Labute approximate surface area is 117 Å². The third kappa shape index (κ3) is 4.06. The van der Waals surface area contributed by atoms with E-state index < -0.39 is 32.2 Å². The van der Waals surface area contributed by atoms with E-state index in [0.717, 1.165) is 0 Å². The molecule has 0 heterocycles.